The van der Waals surface area contributed by atoms with Crippen molar-refractivity contribution in [1.29, 1.82) is 0 Å². The molecule has 14 heavy (non-hydrogen) atoms. The quantitative estimate of drug-likeness (QED) is 0.633. The van der Waals surface area contributed by atoms with Crippen LogP contribution in [0.2, 0.25) is 12.6 Å². The zero-order chi connectivity index (χ0) is 11.2. The Balaban J connectivity index is 4.08. The summed E-state index contributed by atoms with van der Waals surface area (Å²) in [5.74, 6) is -0.0793. The fourth-order valence-corrected chi connectivity index (χ4v) is 1.23. The van der Waals surface area contributed by atoms with Gasteiger partial charge in [0.2, 0.25) is 0 Å². The van der Waals surface area contributed by atoms with Gasteiger partial charge < -0.3 is 4.65 Å². The van der Waals surface area contributed by atoms with E-state index < -0.39 is 0 Å². The number of hydrogen-bond donors (Lipinski definition) is 0. The van der Waals surface area contributed by atoms with Crippen LogP contribution in [-0.2, 0) is 9.45 Å². The van der Waals surface area contributed by atoms with E-state index in [4.69, 9.17) is 4.65 Å². The molecular formula is C11H23BO2. The Morgan fingerprint density at radius 3 is 1.86 bits per heavy atom. The summed E-state index contributed by atoms with van der Waals surface area (Å²) >= 11 is 0. The minimum atomic E-state index is -0.375. The largest absolute Gasteiger partial charge is 0.536 e. The first-order chi connectivity index (χ1) is 6.41. The molecule has 3 heteroatoms. The number of carbonyl (C=O) groups is 1. The first kappa shape index (κ1) is 13.5. The van der Waals surface area contributed by atoms with Crippen LogP contribution >= 0.6 is 0 Å². The lowest BCUT2D eigenvalue weighted by molar-refractivity contribution is -0.143. The fraction of sp³-hybridized carbons (Fsp3) is 0.909. The van der Waals surface area contributed by atoms with E-state index in [1.807, 2.05) is 20.8 Å². The van der Waals surface area contributed by atoms with Crippen molar-refractivity contribution < 1.29 is 9.45 Å². The third kappa shape index (κ3) is 5.30. The highest BCUT2D eigenvalue weighted by Gasteiger charge is 2.27. The molecule has 82 valence electrons. The van der Waals surface area contributed by atoms with Crippen LogP contribution in [0.4, 0.5) is 0 Å². The lowest BCUT2D eigenvalue weighted by Gasteiger charge is -2.21. The van der Waals surface area contributed by atoms with Crippen LogP contribution in [0.15, 0.2) is 0 Å². The van der Waals surface area contributed by atoms with E-state index >= 15 is 0 Å². The molecule has 0 atom stereocenters. The Hall–Kier alpha value is -0.465. The van der Waals surface area contributed by atoms with E-state index in [9.17, 15) is 4.79 Å². The molecule has 0 aromatic rings. The van der Waals surface area contributed by atoms with E-state index in [-0.39, 0.29) is 18.3 Å². The second-order valence-electron chi connectivity index (χ2n) is 4.85. The molecule has 0 fully saturated rings. The van der Waals surface area contributed by atoms with Gasteiger partial charge in [0.25, 0.3) is 5.97 Å². The highest BCUT2D eigenvalue weighted by Crippen LogP contribution is 2.18. The average Bonchev–Trinajstić information content (AvgIpc) is 2.03. The highest BCUT2D eigenvalue weighted by atomic mass is 16.5. The van der Waals surface area contributed by atoms with Gasteiger partial charge in [-0.15, -0.1) is 0 Å². The standard InChI is InChI=1S/C11H23BO2/c1-6-8-12(9-7-2)14-10(13)11(3,4)5/h6-9H2,1-5H3. The lowest BCUT2D eigenvalue weighted by Crippen LogP contribution is -2.30. The van der Waals surface area contributed by atoms with Gasteiger partial charge in [-0.25, -0.2) is 0 Å². The number of hydrogen-bond acceptors (Lipinski definition) is 2. The summed E-state index contributed by atoms with van der Waals surface area (Å²) in [7, 11) is 0. The van der Waals surface area contributed by atoms with Crippen molar-refractivity contribution in [3.8, 4) is 0 Å². The fourth-order valence-electron chi connectivity index (χ4n) is 1.23. The minimum Gasteiger partial charge on any atom is -0.536 e. The molecule has 0 unspecified atom stereocenters. The Kier molecular flexibility index (Phi) is 5.90. The Labute approximate surface area is 88.5 Å². The van der Waals surface area contributed by atoms with Gasteiger partial charge in [-0.05, 0) is 33.4 Å². The summed E-state index contributed by atoms with van der Waals surface area (Å²) in [6, 6.07) is 0. The van der Waals surface area contributed by atoms with Crippen molar-refractivity contribution in [2.24, 2.45) is 5.41 Å². The molecule has 0 saturated heterocycles. The van der Waals surface area contributed by atoms with Crippen LogP contribution in [0.3, 0.4) is 0 Å². The van der Waals surface area contributed by atoms with Gasteiger partial charge >= 0.3 is 6.92 Å². The van der Waals surface area contributed by atoms with Crippen LogP contribution in [-0.4, -0.2) is 12.9 Å². The Morgan fingerprint density at radius 1 is 1.14 bits per heavy atom. The number of rotatable bonds is 5. The van der Waals surface area contributed by atoms with Gasteiger partial charge in [0, 0.05) is 0 Å². The number of carbonyl (C=O) groups excluding carboxylic acids is 1. The van der Waals surface area contributed by atoms with Crippen molar-refractivity contribution in [1.82, 2.24) is 0 Å². The topological polar surface area (TPSA) is 26.3 Å². The van der Waals surface area contributed by atoms with Crippen molar-refractivity contribution in [3.05, 3.63) is 0 Å². The first-order valence-corrected chi connectivity index (χ1v) is 5.62. The molecule has 0 N–H and O–H groups in total. The molecule has 0 amide bonds. The van der Waals surface area contributed by atoms with Crippen LogP contribution in [0.5, 0.6) is 0 Å². The van der Waals surface area contributed by atoms with Crippen molar-refractivity contribution in [2.45, 2.75) is 60.1 Å². The van der Waals surface area contributed by atoms with Gasteiger partial charge in [0.15, 0.2) is 0 Å². The molecule has 0 aliphatic carbocycles. The normalized spacial score (nSPS) is 11.2. The van der Waals surface area contributed by atoms with Crippen LogP contribution in [0, 0.1) is 5.41 Å². The molecule has 0 rings (SSSR count). The molecule has 2 nitrogen and oxygen atoms in total. The summed E-state index contributed by atoms with van der Waals surface area (Å²) in [6.45, 7) is 10.0. The SMILES string of the molecule is CCCB(CCC)OC(=O)C(C)(C)C. The smallest absolute Gasteiger partial charge is 0.361 e. The molecule has 0 spiro atoms. The van der Waals surface area contributed by atoms with Gasteiger partial charge in [0.05, 0.1) is 5.41 Å². The van der Waals surface area contributed by atoms with Crippen LogP contribution in [0.1, 0.15) is 47.5 Å². The monoisotopic (exact) mass is 198 g/mol. The summed E-state index contributed by atoms with van der Waals surface area (Å²) in [4.78, 5) is 11.6. The first-order valence-electron chi connectivity index (χ1n) is 5.62. The average molecular weight is 198 g/mol. The molecule has 0 aromatic heterocycles. The van der Waals surface area contributed by atoms with Crippen molar-refractivity contribution >= 4 is 12.9 Å². The summed E-state index contributed by atoms with van der Waals surface area (Å²) in [5, 5.41) is 0. The maximum Gasteiger partial charge on any atom is 0.361 e. The Bertz CT molecular complexity index is 167. The zero-order valence-electron chi connectivity index (χ0n) is 10.2. The second-order valence-corrected chi connectivity index (χ2v) is 4.85. The van der Waals surface area contributed by atoms with E-state index in [1.54, 1.807) is 0 Å². The van der Waals surface area contributed by atoms with E-state index in [2.05, 4.69) is 13.8 Å². The van der Waals surface area contributed by atoms with E-state index in [0.717, 1.165) is 25.5 Å². The molecule has 0 radical (unpaired) electrons. The molecular weight excluding hydrogens is 175 g/mol. The maximum absolute atomic E-state index is 11.6. The predicted molar refractivity (Wildman–Crippen MR) is 61.5 cm³/mol. The summed E-state index contributed by atoms with van der Waals surface area (Å²) < 4.78 is 5.46. The molecule has 0 aliphatic heterocycles. The summed E-state index contributed by atoms with van der Waals surface area (Å²) in [6.07, 6.45) is 4.11. The minimum absolute atomic E-state index is 0.0793. The Morgan fingerprint density at radius 2 is 1.57 bits per heavy atom. The molecule has 0 heterocycles. The van der Waals surface area contributed by atoms with Crippen LogP contribution < -0.4 is 0 Å². The second kappa shape index (κ2) is 6.10. The van der Waals surface area contributed by atoms with E-state index in [0.29, 0.717) is 0 Å². The van der Waals surface area contributed by atoms with Crippen LogP contribution in [0.25, 0.3) is 0 Å². The van der Waals surface area contributed by atoms with Gasteiger partial charge in [-0.1, -0.05) is 26.7 Å². The lowest BCUT2D eigenvalue weighted by atomic mass is 9.60. The van der Waals surface area contributed by atoms with Gasteiger partial charge in [-0.2, -0.15) is 0 Å². The zero-order valence-corrected chi connectivity index (χ0v) is 10.2. The van der Waals surface area contributed by atoms with Gasteiger partial charge in [0.1, 0.15) is 0 Å². The molecule has 0 aliphatic rings. The molecule has 0 aromatic carbocycles. The third-order valence-electron chi connectivity index (χ3n) is 2.11. The summed E-state index contributed by atoms with van der Waals surface area (Å²) in [5.41, 5.74) is -0.375. The molecule has 0 bridgehead atoms. The van der Waals surface area contributed by atoms with E-state index in [1.165, 1.54) is 0 Å². The van der Waals surface area contributed by atoms with Gasteiger partial charge in [-0.3, -0.25) is 4.79 Å². The third-order valence-corrected chi connectivity index (χ3v) is 2.11. The molecule has 0 saturated carbocycles. The maximum atomic E-state index is 11.6. The predicted octanol–water partition coefficient (Wildman–Crippen LogP) is 3.39. The van der Waals surface area contributed by atoms with Crippen molar-refractivity contribution in [2.75, 3.05) is 0 Å². The van der Waals surface area contributed by atoms with Crippen molar-refractivity contribution in [3.63, 3.8) is 0 Å². The highest BCUT2D eigenvalue weighted by molar-refractivity contribution is 6.53.